The third-order valence-corrected chi connectivity index (χ3v) is 7.10. The van der Waals surface area contributed by atoms with Crippen LogP contribution in [0.5, 0.6) is 5.88 Å². The lowest BCUT2D eigenvalue weighted by atomic mass is 9.97. The lowest BCUT2D eigenvalue weighted by molar-refractivity contribution is -0.137. The van der Waals surface area contributed by atoms with Gasteiger partial charge in [0.1, 0.15) is 30.7 Å². The van der Waals surface area contributed by atoms with Gasteiger partial charge in [0.25, 0.3) is 5.91 Å². The summed E-state index contributed by atoms with van der Waals surface area (Å²) < 4.78 is 74.6. The first-order valence-corrected chi connectivity index (χ1v) is 12.9. The second-order valence-electron chi connectivity index (χ2n) is 10.1. The molecule has 1 fully saturated rings. The van der Waals surface area contributed by atoms with Crippen LogP contribution in [0.1, 0.15) is 35.2 Å². The molecule has 218 valence electrons. The third kappa shape index (κ3) is 6.41. The number of anilines is 3. The third-order valence-electron chi connectivity index (χ3n) is 7.10. The molecule has 14 heteroatoms. The van der Waals surface area contributed by atoms with Crippen molar-refractivity contribution in [3.8, 4) is 5.88 Å². The van der Waals surface area contributed by atoms with Crippen molar-refractivity contribution in [2.75, 3.05) is 23.4 Å². The molecule has 2 amide bonds. The van der Waals surface area contributed by atoms with Crippen molar-refractivity contribution < 1.29 is 36.3 Å². The molecule has 2 aliphatic rings. The molecule has 41 heavy (non-hydrogen) atoms. The van der Waals surface area contributed by atoms with Crippen LogP contribution in [0.15, 0.2) is 48.9 Å². The Balaban J connectivity index is 1.37. The van der Waals surface area contributed by atoms with E-state index in [1.165, 1.54) is 23.0 Å². The van der Waals surface area contributed by atoms with Crippen molar-refractivity contribution >= 4 is 28.9 Å². The van der Waals surface area contributed by atoms with Gasteiger partial charge in [0.2, 0.25) is 11.8 Å². The number of aromatic nitrogens is 3. The van der Waals surface area contributed by atoms with Gasteiger partial charge in [-0.1, -0.05) is 6.07 Å². The molecule has 5 rings (SSSR count). The first-order chi connectivity index (χ1) is 19.5. The van der Waals surface area contributed by atoms with Crippen molar-refractivity contribution in [2.24, 2.45) is 13.0 Å². The number of benzene rings is 1. The highest BCUT2D eigenvalue weighted by Crippen LogP contribution is 2.40. The fraction of sp³-hybridized carbons (Fsp3) is 0.407. The van der Waals surface area contributed by atoms with Crippen LogP contribution in [0.3, 0.4) is 0 Å². The molecule has 0 bridgehead atoms. The number of aryl methyl sites for hydroxylation is 1. The van der Waals surface area contributed by atoms with Crippen LogP contribution in [0.4, 0.5) is 39.0 Å². The standard InChI is InChI=1S/C27H27F5N6O3/c1-37-14-18(13-34-37)35-25(40)22(9-15-7-20(28)21(29)8-15)36-24(39)16-3-2-4-19(10-16)38-5-6-41-26-23(38)11-17(12-33-26)27(30,31)32/h2-4,10-15,20-22H,5-9H2,1H3,(H,35,40)(H,36,39)/t15?,20-,21+,22-/m0/s1. The molecule has 0 saturated heterocycles. The van der Waals surface area contributed by atoms with Gasteiger partial charge in [-0.3, -0.25) is 14.3 Å². The van der Waals surface area contributed by atoms with Crippen molar-refractivity contribution in [1.29, 1.82) is 0 Å². The first kappa shape index (κ1) is 28.3. The Morgan fingerprint density at radius 2 is 1.90 bits per heavy atom. The summed E-state index contributed by atoms with van der Waals surface area (Å²) in [7, 11) is 1.66. The Hall–Kier alpha value is -4.23. The van der Waals surface area contributed by atoms with Gasteiger partial charge in [-0.15, -0.1) is 0 Å². The lowest BCUT2D eigenvalue weighted by Gasteiger charge is -2.31. The van der Waals surface area contributed by atoms with Crippen LogP contribution >= 0.6 is 0 Å². The number of rotatable bonds is 7. The van der Waals surface area contributed by atoms with Crippen LogP contribution in [0.25, 0.3) is 0 Å². The topological polar surface area (TPSA) is 101 Å². The number of hydrogen-bond donors (Lipinski definition) is 2. The van der Waals surface area contributed by atoms with Crippen molar-refractivity contribution in [2.45, 2.75) is 43.8 Å². The van der Waals surface area contributed by atoms with E-state index in [0.717, 1.165) is 6.07 Å². The molecular formula is C27H27F5N6O3. The Labute approximate surface area is 231 Å². The summed E-state index contributed by atoms with van der Waals surface area (Å²) in [6.07, 6.45) is -4.29. The summed E-state index contributed by atoms with van der Waals surface area (Å²) >= 11 is 0. The predicted octanol–water partition coefficient (Wildman–Crippen LogP) is 4.58. The van der Waals surface area contributed by atoms with E-state index in [1.807, 2.05) is 0 Å². The molecule has 2 N–H and O–H groups in total. The van der Waals surface area contributed by atoms with Gasteiger partial charge in [0.15, 0.2) is 0 Å². The molecule has 4 atom stereocenters. The van der Waals surface area contributed by atoms with Gasteiger partial charge in [0.05, 0.1) is 24.0 Å². The Kier molecular flexibility index (Phi) is 7.82. The highest BCUT2D eigenvalue weighted by atomic mass is 19.4. The largest absolute Gasteiger partial charge is 0.474 e. The molecule has 1 aliphatic heterocycles. The molecular weight excluding hydrogens is 551 g/mol. The number of halogens is 5. The maximum Gasteiger partial charge on any atom is 0.417 e. The van der Waals surface area contributed by atoms with Gasteiger partial charge < -0.3 is 20.3 Å². The monoisotopic (exact) mass is 578 g/mol. The summed E-state index contributed by atoms with van der Waals surface area (Å²) in [5.74, 6) is -1.65. The van der Waals surface area contributed by atoms with Gasteiger partial charge in [-0.25, -0.2) is 13.8 Å². The number of carbonyl (C=O) groups is 2. The number of amides is 2. The molecule has 1 aromatic carbocycles. The van der Waals surface area contributed by atoms with Gasteiger partial charge in [-0.05, 0) is 49.4 Å². The molecule has 3 heterocycles. The van der Waals surface area contributed by atoms with Crippen molar-refractivity contribution in [3.63, 3.8) is 0 Å². The van der Waals surface area contributed by atoms with E-state index in [-0.39, 0.29) is 49.5 Å². The number of pyridine rings is 1. The minimum Gasteiger partial charge on any atom is -0.474 e. The number of carbonyl (C=O) groups excluding carboxylic acids is 2. The maximum atomic E-state index is 13.9. The zero-order valence-electron chi connectivity index (χ0n) is 21.9. The number of fused-ring (bicyclic) bond motifs is 1. The number of alkyl halides is 5. The van der Waals surface area contributed by atoms with E-state index < -0.39 is 47.9 Å². The maximum absolute atomic E-state index is 13.9. The summed E-state index contributed by atoms with van der Waals surface area (Å²) in [5.41, 5.74) is 0.0831. The Bertz CT molecular complexity index is 1420. The fourth-order valence-electron chi connectivity index (χ4n) is 5.08. The first-order valence-electron chi connectivity index (χ1n) is 12.9. The summed E-state index contributed by atoms with van der Waals surface area (Å²) in [6, 6.07) is 5.97. The van der Waals surface area contributed by atoms with Crippen LogP contribution in [-0.4, -0.2) is 58.1 Å². The van der Waals surface area contributed by atoms with Crippen molar-refractivity contribution in [1.82, 2.24) is 20.1 Å². The van der Waals surface area contributed by atoms with Crippen LogP contribution in [0.2, 0.25) is 0 Å². The van der Waals surface area contributed by atoms with E-state index in [2.05, 4.69) is 20.7 Å². The van der Waals surface area contributed by atoms with E-state index in [0.29, 0.717) is 17.6 Å². The quantitative estimate of drug-likeness (QED) is 0.399. The average molecular weight is 579 g/mol. The molecule has 0 radical (unpaired) electrons. The van der Waals surface area contributed by atoms with Crippen LogP contribution in [-0.2, 0) is 18.0 Å². The molecule has 0 spiro atoms. The van der Waals surface area contributed by atoms with E-state index in [1.54, 1.807) is 30.3 Å². The molecule has 9 nitrogen and oxygen atoms in total. The molecule has 1 unspecified atom stereocenters. The van der Waals surface area contributed by atoms with Gasteiger partial charge >= 0.3 is 6.18 Å². The summed E-state index contributed by atoms with van der Waals surface area (Å²) in [4.78, 5) is 31.8. The number of nitrogens with zero attached hydrogens (tertiary/aromatic N) is 4. The van der Waals surface area contributed by atoms with Gasteiger partial charge in [0, 0.05) is 30.7 Å². The predicted molar refractivity (Wildman–Crippen MR) is 138 cm³/mol. The minimum atomic E-state index is -4.61. The number of nitrogens with one attached hydrogen (secondary N) is 2. The summed E-state index contributed by atoms with van der Waals surface area (Å²) in [5, 5.41) is 9.31. The van der Waals surface area contributed by atoms with Gasteiger partial charge in [-0.2, -0.15) is 18.3 Å². The lowest BCUT2D eigenvalue weighted by Crippen LogP contribution is -2.45. The molecule has 2 aromatic heterocycles. The second-order valence-corrected chi connectivity index (χ2v) is 10.1. The Morgan fingerprint density at radius 3 is 2.59 bits per heavy atom. The van der Waals surface area contributed by atoms with E-state index in [4.69, 9.17) is 4.74 Å². The SMILES string of the molecule is Cn1cc(NC(=O)[C@H](CC2C[C@@H](F)[C@@H](F)C2)NC(=O)c2cccc(N3CCOc4ncc(C(F)(F)F)cc43)c2)cn1. The van der Waals surface area contributed by atoms with Crippen LogP contribution in [0, 0.1) is 5.92 Å². The molecule has 1 saturated carbocycles. The van der Waals surface area contributed by atoms with Crippen LogP contribution < -0.4 is 20.3 Å². The normalized spacial score (nSPS) is 21.1. The van der Waals surface area contributed by atoms with Crippen molar-refractivity contribution in [3.05, 3.63) is 60.0 Å². The van der Waals surface area contributed by atoms with E-state index in [9.17, 15) is 31.5 Å². The highest BCUT2D eigenvalue weighted by Gasteiger charge is 2.38. The fourth-order valence-corrected chi connectivity index (χ4v) is 5.08. The minimum absolute atomic E-state index is 0.0150. The molecule has 1 aliphatic carbocycles. The van der Waals surface area contributed by atoms with E-state index >= 15 is 0 Å². The number of hydrogen-bond acceptors (Lipinski definition) is 6. The zero-order chi connectivity index (χ0) is 29.3. The smallest absolute Gasteiger partial charge is 0.417 e. The zero-order valence-corrected chi connectivity index (χ0v) is 21.9. The second kappa shape index (κ2) is 11.3. The summed E-state index contributed by atoms with van der Waals surface area (Å²) in [6.45, 7) is 0.360. The Morgan fingerprint density at radius 1 is 1.15 bits per heavy atom. The number of ether oxygens (including phenoxy) is 1. The highest BCUT2D eigenvalue weighted by molar-refractivity contribution is 6.01. The molecule has 3 aromatic rings. The average Bonchev–Trinajstić information content (AvgIpc) is 3.49.